The Balaban J connectivity index is 1.57. The molecule has 0 bridgehead atoms. The van der Waals surface area contributed by atoms with Crippen molar-refractivity contribution in [1.82, 2.24) is 0 Å². The first-order valence-corrected chi connectivity index (χ1v) is 12.6. The predicted molar refractivity (Wildman–Crippen MR) is 142 cm³/mol. The molecule has 2 aliphatic carbocycles. The van der Waals surface area contributed by atoms with Gasteiger partial charge in [-0.1, -0.05) is 105 Å². The van der Waals surface area contributed by atoms with Crippen molar-refractivity contribution in [2.75, 3.05) is 0 Å². The zero-order valence-corrected chi connectivity index (χ0v) is 19.7. The Hall–Kier alpha value is -3.58. The monoisotopic (exact) mass is 442 g/mol. The average molecular weight is 443 g/mol. The lowest BCUT2D eigenvalue weighted by atomic mass is 9.80. The highest BCUT2D eigenvalue weighted by Gasteiger charge is 2.29. The van der Waals surface area contributed by atoms with Crippen molar-refractivity contribution in [2.45, 2.75) is 44.9 Å². The molecule has 0 saturated heterocycles. The van der Waals surface area contributed by atoms with Crippen LogP contribution in [0.25, 0.3) is 28.3 Å². The van der Waals surface area contributed by atoms with Crippen LogP contribution in [0.1, 0.15) is 65.5 Å². The van der Waals surface area contributed by atoms with Crippen LogP contribution in [0, 0.1) is 0 Å². The summed E-state index contributed by atoms with van der Waals surface area (Å²) in [6, 6.07) is 28.1. The normalized spacial score (nSPS) is 15.3. The molecule has 1 unspecified atom stereocenters. The van der Waals surface area contributed by atoms with Crippen LogP contribution in [0.3, 0.4) is 0 Å². The minimum atomic E-state index is 0.162. The van der Waals surface area contributed by atoms with Crippen LogP contribution in [0.4, 0.5) is 0 Å². The maximum absolute atomic E-state index is 11.4. The molecule has 0 amide bonds. The number of benzene rings is 4. The molecule has 0 saturated carbocycles. The first-order chi connectivity index (χ1) is 16.8. The number of aromatic hydroxyl groups is 1. The van der Waals surface area contributed by atoms with Crippen LogP contribution in [-0.2, 0) is 12.8 Å². The zero-order chi connectivity index (χ0) is 23.1. The van der Waals surface area contributed by atoms with Gasteiger partial charge >= 0.3 is 0 Å². The van der Waals surface area contributed by atoms with Crippen molar-refractivity contribution in [1.29, 1.82) is 0 Å². The molecule has 0 heterocycles. The number of unbranched alkanes of at least 4 members (excludes halogenated alkanes) is 2. The van der Waals surface area contributed by atoms with Gasteiger partial charge in [-0.05, 0) is 75.4 Å². The van der Waals surface area contributed by atoms with Crippen LogP contribution in [-0.4, -0.2) is 5.11 Å². The van der Waals surface area contributed by atoms with Crippen LogP contribution >= 0.6 is 0 Å². The summed E-state index contributed by atoms with van der Waals surface area (Å²) in [6.07, 6.45) is 10.1. The number of rotatable bonds is 6. The molecule has 1 N–H and O–H groups in total. The van der Waals surface area contributed by atoms with Crippen molar-refractivity contribution in [3.63, 3.8) is 0 Å². The number of fused-ring (bicyclic) bond motifs is 4. The summed E-state index contributed by atoms with van der Waals surface area (Å²) in [7, 11) is 0. The third-order valence-electron chi connectivity index (χ3n) is 7.59. The fourth-order valence-electron chi connectivity index (χ4n) is 5.97. The molecule has 6 rings (SSSR count). The van der Waals surface area contributed by atoms with Crippen LogP contribution in [0.2, 0.25) is 0 Å². The Morgan fingerprint density at radius 3 is 2.50 bits per heavy atom. The Morgan fingerprint density at radius 2 is 1.59 bits per heavy atom. The molecule has 1 atom stereocenters. The molecule has 0 radical (unpaired) electrons. The maximum atomic E-state index is 11.4. The third kappa shape index (κ3) is 3.39. The SMILES string of the molecule is CCCCCc1ccc(O)c(-c2cccc3c2Cc2ccccc2-3)c1C1C=Cc2ccccc21. The van der Waals surface area contributed by atoms with E-state index < -0.39 is 0 Å². The average Bonchev–Trinajstić information content (AvgIpc) is 3.46. The fourth-order valence-corrected chi connectivity index (χ4v) is 5.97. The maximum Gasteiger partial charge on any atom is 0.123 e. The van der Waals surface area contributed by atoms with Crippen LogP contribution in [0.5, 0.6) is 5.75 Å². The molecule has 4 aromatic carbocycles. The topological polar surface area (TPSA) is 20.2 Å². The van der Waals surface area contributed by atoms with Crippen molar-refractivity contribution in [3.8, 4) is 28.0 Å². The molecule has 168 valence electrons. The van der Waals surface area contributed by atoms with Gasteiger partial charge in [-0.25, -0.2) is 0 Å². The van der Waals surface area contributed by atoms with E-state index in [0.717, 1.165) is 18.4 Å². The lowest BCUT2D eigenvalue weighted by Crippen LogP contribution is -2.06. The molecule has 34 heavy (non-hydrogen) atoms. The summed E-state index contributed by atoms with van der Waals surface area (Å²) in [5.74, 6) is 0.547. The van der Waals surface area contributed by atoms with Crippen molar-refractivity contribution in [3.05, 3.63) is 118 Å². The van der Waals surface area contributed by atoms with E-state index >= 15 is 0 Å². The molecule has 0 aromatic heterocycles. The molecule has 0 fully saturated rings. The van der Waals surface area contributed by atoms with E-state index in [1.54, 1.807) is 0 Å². The molecule has 1 heteroatoms. The van der Waals surface area contributed by atoms with Gasteiger partial charge in [0.2, 0.25) is 0 Å². The second-order valence-corrected chi connectivity index (χ2v) is 9.62. The molecular formula is C33H30O. The Morgan fingerprint density at radius 1 is 0.794 bits per heavy atom. The molecular weight excluding hydrogens is 412 g/mol. The Kier molecular flexibility index (Phi) is 5.34. The van der Waals surface area contributed by atoms with Gasteiger partial charge in [-0.3, -0.25) is 0 Å². The number of allylic oxidation sites excluding steroid dienone is 1. The largest absolute Gasteiger partial charge is 0.507 e. The fraction of sp³-hybridized carbons (Fsp3) is 0.212. The van der Waals surface area contributed by atoms with Crippen molar-refractivity contribution < 1.29 is 5.11 Å². The number of hydrogen-bond donors (Lipinski definition) is 1. The Labute approximate surface area is 202 Å². The van der Waals surface area contributed by atoms with Gasteiger partial charge in [-0.15, -0.1) is 0 Å². The van der Waals surface area contributed by atoms with E-state index in [2.05, 4.69) is 91.9 Å². The molecule has 4 aromatic rings. The number of phenolic OH excluding ortho intramolecular Hbond substituents is 1. The van der Waals surface area contributed by atoms with E-state index in [9.17, 15) is 5.11 Å². The third-order valence-corrected chi connectivity index (χ3v) is 7.59. The van der Waals surface area contributed by atoms with Crippen molar-refractivity contribution >= 4 is 6.08 Å². The molecule has 0 aliphatic heterocycles. The van der Waals surface area contributed by atoms with Gasteiger partial charge in [0, 0.05) is 11.5 Å². The first kappa shape index (κ1) is 21.0. The minimum Gasteiger partial charge on any atom is -0.507 e. The lowest BCUT2D eigenvalue weighted by Gasteiger charge is -2.23. The highest BCUT2D eigenvalue weighted by atomic mass is 16.3. The summed E-state index contributed by atoms with van der Waals surface area (Å²) < 4.78 is 0. The van der Waals surface area contributed by atoms with Gasteiger partial charge in [0.1, 0.15) is 5.75 Å². The summed E-state index contributed by atoms with van der Waals surface area (Å²) in [5.41, 5.74) is 12.8. The Bertz CT molecular complexity index is 1410. The molecule has 2 aliphatic rings. The van der Waals surface area contributed by atoms with Crippen molar-refractivity contribution in [2.24, 2.45) is 0 Å². The lowest BCUT2D eigenvalue weighted by molar-refractivity contribution is 0.476. The summed E-state index contributed by atoms with van der Waals surface area (Å²) in [5, 5.41) is 11.4. The van der Waals surface area contributed by atoms with Gasteiger partial charge < -0.3 is 5.11 Å². The van der Waals surface area contributed by atoms with E-state index in [1.165, 1.54) is 69.3 Å². The quantitative estimate of drug-likeness (QED) is 0.261. The number of phenols is 1. The molecule has 0 spiro atoms. The first-order valence-electron chi connectivity index (χ1n) is 12.6. The van der Waals surface area contributed by atoms with E-state index in [4.69, 9.17) is 0 Å². The van der Waals surface area contributed by atoms with E-state index in [0.29, 0.717) is 5.75 Å². The predicted octanol–water partition coefficient (Wildman–Crippen LogP) is 8.52. The number of hydrogen-bond acceptors (Lipinski definition) is 1. The van der Waals surface area contributed by atoms with Gasteiger partial charge in [-0.2, -0.15) is 0 Å². The smallest absolute Gasteiger partial charge is 0.123 e. The van der Waals surface area contributed by atoms with Crippen LogP contribution < -0.4 is 0 Å². The van der Waals surface area contributed by atoms with Gasteiger partial charge in [0.05, 0.1) is 0 Å². The summed E-state index contributed by atoms with van der Waals surface area (Å²) in [6.45, 7) is 2.25. The highest BCUT2D eigenvalue weighted by molar-refractivity contribution is 5.89. The second-order valence-electron chi connectivity index (χ2n) is 9.62. The van der Waals surface area contributed by atoms with E-state index in [1.807, 2.05) is 6.07 Å². The number of aryl methyl sites for hydroxylation is 1. The second kappa shape index (κ2) is 8.65. The zero-order valence-electron chi connectivity index (χ0n) is 19.7. The summed E-state index contributed by atoms with van der Waals surface area (Å²) in [4.78, 5) is 0. The standard InChI is InChI=1S/C33H30O/c1-2-3-4-11-23-18-20-31(34)33(32(23)29-19-17-22-10-5-7-13-25(22)29)28-16-9-15-27-26-14-8-6-12-24(26)21-30(27)28/h5-10,12-20,29,34H,2-4,11,21H2,1H3. The van der Waals surface area contributed by atoms with E-state index in [-0.39, 0.29) is 5.92 Å². The minimum absolute atomic E-state index is 0.162. The molecule has 1 nitrogen and oxygen atoms in total. The highest BCUT2D eigenvalue weighted by Crippen LogP contribution is 2.49. The van der Waals surface area contributed by atoms with Crippen LogP contribution in [0.15, 0.2) is 84.9 Å². The summed E-state index contributed by atoms with van der Waals surface area (Å²) >= 11 is 0. The van der Waals surface area contributed by atoms with Gasteiger partial charge in [0.15, 0.2) is 0 Å². The van der Waals surface area contributed by atoms with Gasteiger partial charge in [0.25, 0.3) is 0 Å².